The molecule has 0 unspecified atom stereocenters. The predicted octanol–water partition coefficient (Wildman–Crippen LogP) is 2.21. The molecule has 1 aromatic carbocycles. The van der Waals surface area contributed by atoms with E-state index in [1.54, 1.807) is 12.1 Å². The fraction of sp³-hybridized carbons (Fsp3) is 0.533. The van der Waals surface area contributed by atoms with Crippen molar-refractivity contribution >= 4 is 11.6 Å². The molecule has 0 saturated carbocycles. The van der Waals surface area contributed by atoms with E-state index in [-0.39, 0.29) is 23.8 Å². The number of carbonyl (C=O) groups excluding carboxylic acids is 1. The molecule has 0 saturated heterocycles. The van der Waals surface area contributed by atoms with E-state index in [4.69, 9.17) is 5.73 Å². The van der Waals surface area contributed by atoms with Crippen molar-refractivity contribution in [3.63, 3.8) is 0 Å². The summed E-state index contributed by atoms with van der Waals surface area (Å²) in [7, 11) is 0. The second-order valence-corrected chi connectivity index (χ2v) is 5.49. The van der Waals surface area contributed by atoms with Gasteiger partial charge in [-0.1, -0.05) is 6.92 Å². The van der Waals surface area contributed by atoms with Crippen LogP contribution in [0.15, 0.2) is 24.3 Å². The molecule has 0 bridgehead atoms. The van der Waals surface area contributed by atoms with Gasteiger partial charge in [0.15, 0.2) is 0 Å². The van der Waals surface area contributed by atoms with Crippen molar-refractivity contribution in [2.45, 2.75) is 32.7 Å². The minimum absolute atomic E-state index is 0.119. The van der Waals surface area contributed by atoms with E-state index in [1.807, 2.05) is 13.8 Å². The Hall–Kier alpha value is -1.46. The highest BCUT2D eigenvalue weighted by Gasteiger charge is 2.26. The molecule has 112 valence electrons. The number of hydrogen-bond donors (Lipinski definition) is 2. The molecule has 0 aromatic heterocycles. The summed E-state index contributed by atoms with van der Waals surface area (Å²) in [6, 6.07) is 5.74. The van der Waals surface area contributed by atoms with Gasteiger partial charge in [0.25, 0.3) is 0 Å². The number of halogens is 1. The van der Waals surface area contributed by atoms with Crippen LogP contribution < -0.4 is 11.1 Å². The van der Waals surface area contributed by atoms with Crippen LogP contribution in [0.4, 0.5) is 10.1 Å². The lowest BCUT2D eigenvalue weighted by Gasteiger charge is -2.37. The molecule has 0 heterocycles. The van der Waals surface area contributed by atoms with Crippen LogP contribution >= 0.6 is 0 Å². The molecule has 1 amide bonds. The van der Waals surface area contributed by atoms with E-state index in [9.17, 15) is 9.18 Å². The summed E-state index contributed by atoms with van der Waals surface area (Å²) >= 11 is 0. The normalized spacial score (nSPS) is 11.7. The maximum Gasteiger partial charge on any atom is 0.238 e. The second-order valence-electron chi connectivity index (χ2n) is 5.49. The van der Waals surface area contributed by atoms with Crippen LogP contribution in [0.25, 0.3) is 0 Å². The monoisotopic (exact) mass is 281 g/mol. The highest BCUT2D eigenvalue weighted by Crippen LogP contribution is 2.14. The molecule has 3 N–H and O–H groups in total. The van der Waals surface area contributed by atoms with Gasteiger partial charge in [-0.25, -0.2) is 4.39 Å². The van der Waals surface area contributed by atoms with Crippen molar-refractivity contribution in [2.75, 3.05) is 25.0 Å². The fourth-order valence-electron chi connectivity index (χ4n) is 1.90. The van der Waals surface area contributed by atoms with Crippen LogP contribution in [0.1, 0.15) is 27.2 Å². The first-order valence-electron chi connectivity index (χ1n) is 6.89. The summed E-state index contributed by atoms with van der Waals surface area (Å²) in [5, 5.41) is 2.77. The van der Waals surface area contributed by atoms with E-state index in [0.717, 1.165) is 13.0 Å². The number of amides is 1. The predicted molar refractivity (Wildman–Crippen MR) is 80.0 cm³/mol. The summed E-state index contributed by atoms with van der Waals surface area (Å²) in [4.78, 5) is 14.1. The standard InChI is InChI=1S/C15H24FN3O/c1-4-9-19(15(2,3)11-17)10-14(20)18-13-7-5-12(16)6-8-13/h5-8H,4,9-11,17H2,1-3H3,(H,18,20). The van der Waals surface area contributed by atoms with Crippen LogP contribution in [0.2, 0.25) is 0 Å². The fourth-order valence-corrected chi connectivity index (χ4v) is 1.90. The van der Waals surface area contributed by atoms with Crippen molar-refractivity contribution in [2.24, 2.45) is 5.73 Å². The highest BCUT2D eigenvalue weighted by molar-refractivity contribution is 5.92. The number of nitrogens with two attached hydrogens (primary N) is 1. The van der Waals surface area contributed by atoms with E-state index in [2.05, 4.69) is 17.1 Å². The van der Waals surface area contributed by atoms with Gasteiger partial charge in [0.2, 0.25) is 5.91 Å². The first kappa shape index (κ1) is 16.6. The summed E-state index contributed by atoms with van der Waals surface area (Å²) in [5.41, 5.74) is 6.14. The molecule has 20 heavy (non-hydrogen) atoms. The van der Waals surface area contributed by atoms with Gasteiger partial charge < -0.3 is 11.1 Å². The molecule has 0 aliphatic rings. The summed E-state index contributed by atoms with van der Waals surface area (Å²) in [6.45, 7) is 7.67. The van der Waals surface area contributed by atoms with Crippen molar-refractivity contribution in [1.29, 1.82) is 0 Å². The number of carbonyl (C=O) groups is 1. The first-order chi connectivity index (χ1) is 9.39. The molecule has 0 radical (unpaired) electrons. The smallest absolute Gasteiger partial charge is 0.238 e. The van der Waals surface area contributed by atoms with Gasteiger partial charge in [0, 0.05) is 17.8 Å². The number of hydrogen-bond acceptors (Lipinski definition) is 3. The minimum atomic E-state index is -0.320. The van der Waals surface area contributed by atoms with Gasteiger partial charge in [-0.05, 0) is 51.1 Å². The highest BCUT2D eigenvalue weighted by atomic mass is 19.1. The lowest BCUT2D eigenvalue weighted by atomic mass is 10.0. The number of rotatable bonds is 7. The molecule has 0 atom stereocenters. The third-order valence-electron chi connectivity index (χ3n) is 3.31. The third-order valence-corrected chi connectivity index (χ3v) is 3.31. The van der Waals surface area contributed by atoms with E-state index in [1.165, 1.54) is 12.1 Å². The maximum atomic E-state index is 12.8. The zero-order valence-electron chi connectivity index (χ0n) is 12.4. The summed E-state index contributed by atoms with van der Waals surface area (Å²) < 4.78 is 12.8. The Morgan fingerprint density at radius 2 is 1.95 bits per heavy atom. The number of anilines is 1. The number of nitrogens with one attached hydrogen (secondary N) is 1. The van der Waals surface area contributed by atoms with Gasteiger partial charge in [-0.3, -0.25) is 9.69 Å². The molecular formula is C15H24FN3O. The topological polar surface area (TPSA) is 58.4 Å². The van der Waals surface area contributed by atoms with Crippen LogP contribution in [0.5, 0.6) is 0 Å². The first-order valence-corrected chi connectivity index (χ1v) is 6.89. The molecule has 0 aliphatic heterocycles. The quantitative estimate of drug-likeness (QED) is 0.805. The third kappa shape index (κ3) is 4.90. The molecular weight excluding hydrogens is 257 g/mol. The SMILES string of the molecule is CCCN(CC(=O)Nc1ccc(F)cc1)C(C)(C)CN. The van der Waals surface area contributed by atoms with Crippen LogP contribution in [-0.4, -0.2) is 36.0 Å². The van der Waals surface area contributed by atoms with Crippen LogP contribution in [0, 0.1) is 5.82 Å². The van der Waals surface area contributed by atoms with Crippen LogP contribution in [-0.2, 0) is 4.79 Å². The molecule has 5 heteroatoms. The zero-order valence-corrected chi connectivity index (χ0v) is 12.4. The Balaban J connectivity index is 2.64. The molecule has 1 aromatic rings. The molecule has 0 spiro atoms. The van der Waals surface area contributed by atoms with Crippen molar-refractivity contribution in [3.8, 4) is 0 Å². The number of nitrogens with zero attached hydrogens (tertiary/aromatic N) is 1. The summed E-state index contributed by atoms with van der Waals surface area (Å²) in [6.07, 6.45) is 0.952. The zero-order chi connectivity index (χ0) is 15.2. The Labute approximate surface area is 120 Å². The van der Waals surface area contributed by atoms with Crippen molar-refractivity contribution in [3.05, 3.63) is 30.1 Å². The molecule has 4 nitrogen and oxygen atoms in total. The lowest BCUT2D eigenvalue weighted by molar-refractivity contribution is -0.118. The van der Waals surface area contributed by atoms with Gasteiger partial charge in [-0.2, -0.15) is 0 Å². The Bertz CT molecular complexity index is 431. The van der Waals surface area contributed by atoms with Crippen molar-refractivity contribution in [1.82, 2.24) is 4.90 Å². The van der Waals surface area contributed by atoms with Gasteiger partial charge >= 0.3 is 0 Å². The van der Waals surface area contributed by atoms with E-state index < -0.39 is 0 Å². The molecule has 0 aliphatic carbocycles. The van der Waals surface area contributed by atoms with Crippen LogP contribution in [0.3, 0.4) is 0 Å². The van der Waals surface area contributed by atoms with Gasteiger partial charge in [0.05, 0.1) is 6.54 Å². The van der Waals surface area contributed by atoms with E-state index >= 15 is 0 Å². The second kappa shape index (κ2) is 7.36. The number of benzene rings is 1. The average Bonchev–Trinajstić information content (AvgIpc) is 2.41. The molecule has 1 rings (SSSR count). The Kier molecular flexibility index (Phi) is 6.10. The molecule has 0 fully saturated rings. The minimum Gasteiger partial charge on any atom is -0.329 e. The Morgan fingerprint density at radius 3 is 2.45 bits per heavy atom. The Morgan fingerprint density at radius 1 is 1.35 bits per heavy atom. The largest absolute Gasteiger partial charge is 0.329 e. The average molecular weight is 281 g/mol. The summed E-state index contributed by atoms with van der Waals surface area (Å²) in [5.74, 6) is -0.438. The van der Waals surface area contributed by atoms with E-state index in [0.29, 0.717) is 12.2 Å². The van der Waals surface area contributed by atoms with Gasteiger partial charge in [-0.15, -0.1) is 0 Å². The lowest BCUT2D eigenvalue weighted by Crippen LogP contribution is -2.52. The van der Waals surface area contributed by atoms with Gasteiger partial charge in [0.1, 0.15) is 5.82 Å². The maximum absolute atomic E-state index is 12.8. The van der Waals surface area contributed by atoms with Crippen molar-refractivity contribution < 1.29 is 9.18 Å².